The first-order chi connectivity index (χ1) is 9.56. The molecule has 0 aliphatic carbocycles. The van der Waals surface area contributed by atoms with Crippen LogP contribution in [-0.4, -0.2) is 6.03 Å². The summed E-state index contributed by atoms with van der Waals surface area (Å²) >= 11 is 11.8. The SMILES string of the molecule is Nc1ccccc1CNC(=O)Nc1cc(Cl)ccc1Cl. The highest BCUT2D eigenvalue weighted by Crippen LogP contribution is 2.25. The van der Waals surface area contributed by atoms with Gasteiger partial charge in [0.2, 0.25) is 0 Å². The highest BCUT2D eigenvalue weighted by molar-refractivity contribution is 6.35. The summed E-state index contributed by atoms with van der Waals surface area (Å²) in [6.45, 7) is 0.330. The van der Waals surface area contributed by atoms with Crippen molar-refractivity contribution in [3.63, 3.8) is 0 Å². The van der Waals surface area contributed by atoms with Gasteiger partial charge in [-0.05, 0) is 29.8 Å². The molecule has 0 aromatic heterocycles. The van der Waals surface area contributed by atoms with Crippen LogP contribution in [-0.2, 0) is 6.54 Å². The first kappa shape index (κ1) is 14.5. The standard InChI is InChI=1S/C14H13Cl2N3O/c15-10-5-6-11(16)13(7-10)19-14(20)18-8-9-3-1-2-4-12(9)17/h1-7H,8,17H2,(H2,18,19,20). The van der Waals surface area contributed by atoms with E-state index in [-0.39, 0.29) is 6.03 Å². The van der Waals surface area contributed by atoms with E-state index in [1.54, 1.807) is 24.3 Å². The Bertz CT molecular complexity index is 632. The average Bonchev–Trinajstić information content (AvgIpc) is 2.42. The maximum Gasteiger partial charge on any atom is 0.319 e. The molecule has 0 aliphatic rings. The average molecular weight is 310 g/mol. The smallest absolute Gasteiger partial charge is 0.319 e. The van der Waals surface area contributed by atoms with E-state index in [9.17, 15) is 4.79 Å². The quantitative estimate of drug-likeness (QED) is 0.753. The van der Waals surface area contributed by atoms with Gasteiger partial charge in [0.05, 0.1) is 10.7 Å². The van der Waals surface area contributed by atoms with Crippen LogP contribution in [0.15, 0.2) is 42.5 Å². The minimum atomic E-state index is -0.377. The van der Waals surface area contributed by atoms with Gasteiger partial charge >= 0.3 is 6.03 Å². The second-order valence-corrected chi connectivity index (χ2v) is 4.97. The van der Waals surface area contributed by atoms with E-state index in [2.05, 4.69) is 10.6 Å². The van der Waals surface area contributed by atoms with E-state index in [0.717, 1.165) is 5.56 Å². The van der Waals surface area contributed by atoms with Gasteiger partial charge < -0.3 is 16.4 Å². The fourth-order valence-electron chi connectivity index (χ4n) is 1.63. The summed E-state index contributed by atoms with van der Waals surface area (Å²) in [7, 11) is 0. The number of carbonyl (C=O) groups excluding carboxylic acids is 1. The second kappa shape index (κ2) is 6.50. The third-order valence-corrected chi connectivity index (χ3v) is 3.24. The van der Waals surface area contributed by atoms with Crippen molar-refractivity contribution in [2.75, 3.05) is 11.1 Å². The number of amides is 2. The maximum absolute atomic E-state index is 11.8. The van der Waals surface area contributed by atoms with E-state index in [0.29, 0.717) is 28.0 Å². The molecule has 104 valence electrons. The minimum absolute atomic E-state index is 0.330. The van der Waals surface area contributed by atoms with Crippen LogP contribution in [0, 0.1) is 0 Å². The second-order valence-electron chi connectivity index (χ2n) is 4.13. The molecule has 0 radical (unpaired) electrons. The molecule has 0 saturated heterocycles. The molecule has 4 nitrogen and oxygen atoms in total. The van der Waals surface area contributed by atoms with Gasteiger partial charge in [-0.25, -0.2) is 4.79 Å². The minimum Gasteiger partial charge on any atom is -0.398 e. The number of rotatable bonds is 3. The molecule has 0 fully saturated rings. The van der Waals surface area contributed by atoms with Crippen LogP contribution < -0.4 is 16.4 Å². The molecule has 0 heterocycles. The van der Waals surface area contributed by atoms with Gasteiger partial charge in [-0.1, -0.05) is 41.4 Å². The zero-order valence-electron chi connectivity index (χ0n) is 10.5. The third-order valence-electron chi connectivity index (χ3n) is 2.67. The lowest BCUT2D eigenvalue weighted by Gasteiger charge is -2.10. The van der Waals surface area contributed by atoms with Crippen molar-refractivity contribution in [3.8, 4) is 0 Å². The molecule has 0 unspecified atom stereocenters. The summed E-state index contributed by atoms with van der Waals surface area (Å²) in [5, 5.41) is 6.25. The molecule has 20 heavy (non-hydrogen) atoms. The number of nitrogen functional groups attached to an aromatic ring is 1. The lowest BCUT2D eigenvalue weighted by atomic mass is 10.2. The lowest BCUT2D eigenvalue weighted by molar-refractivity contribution is 0.252. The molecular weight excluding hydrogens is 297 g/mol. The van der Waals surface area contributed by atoms with Gasteiger partial charge in [0.25, 0.3) is 0 Å². The molecule has 2 amide bonds. The third kappa shape index (κ3) is 3.79. The largest absolute Gasteiger partial charge is 0.398 e. The number of benzene rings is 2. The van der Waals surface area contributed by atoms with Crippen molar-refractivity contribution in [3.05, 3.63) is 58.1 Å². The number of para-hydroxylation sites is 1. The zero-order valence-corrected chi connectivity index (χ0v) is 12.0. The summed E-state index contributed by atoms with van der Waals surface area (Å²) in [6.07, 6.45) is 0. The Morgan fingerprint density at radius 3 is 2.65 bits per heavy atom. The fourth-order valence-corrected chi connectivity index (χ4v) is 1.97. The summed E-state index contributed by atoms with van der Waals surface area (Å²) in [5.74, 6) is 0. The number of urea groups is 1. The van der Waals surface area contributed by atoms with Crippen LogP contribution in [0.4, 0.5) is 16.2 Å². The molecule has 2 aromatic carbocycles. The number of carbonyl (C=O) groups is 1. The Kier molecular flexibility index (Phi) is 4.71. The van der Waals surface area contributed by atoms with E-state index in [4.69, 9.17) is 28.9 Å². The number of hydrogen-bond donors (Lipinski definition) is 3. The molecule has 0 atom stereocenters. The van der Waals surface area contributed by atoms with Crippen molar-refractivity contribution >= 4 is 40.6 Å². The van der Waals surface area contributed by atoms with Crippen molar-refractivity contribution in [1.82, 2.24) is 5.32 Å². The van der Waals surface area contributed by atoms with Gasteiger partial charge in [0.15, 0.2) is 0 Å². The summed E-state index contributed by atoms with van der Waals surface area (Å²) < 4.78 is 0. The van der Waals surface area contributed by atoms with E-state index in [1.807, 2.05) is 18.2 Å². The van der Waals surface area contributed by atoms with E-state index in [1.165, 1.54) is 0 Å². The van der Waals surface area contributed by atoms with Gasteiger partial charge in [-0.3, -0.25) is 0 Å². The normalized spacial score (nSPS) is 10.1. The molecule has 2 rings (SSSR count). The predicted molar refractivity (Wildman–Crippen MR) is 83.2 cm³/mol. The van der Waals surface area contributed by atoms with Crippen molar-refractivity contribution in [2.24, 2.45) is 0 Å². The maximum atomic E-state index is 11.8. The molecule has 0 bridgehead atoms. The van der Waals surface area contributed by atoms with Gasteiger partial charge in [0, 0.05) is 17.3 Å². The summed E-state index contributed by atoms with van der Waals surface area (Å²) in [5.41, 5.74) is 7.73. The highest BCUT2D eigenvalue weighted by atomic mass is 35.5. The number of nitrogens with one attached hydrogen (secondary N) is 2. The van der Waals surface area contributed by atoms with Gasteiger partial charge in [-0.2, -0.15) is 0 Å². The molecule has 0 aliphatic heterocycles. The number of anilines is 2. The Morgan fingerprint density at radius 1 is 1.15 bits per heavy atom. The lowest BCUT2D eigenvalue weighted by Crippen LogP contribution is -2.28. The van der Waals surface area contributed by atoms with Gasteiger partial charge in [0.1, 0.15) is 0 Å². The van der Waals surface area contributed by atoms with Crippen LogP contribution in [0.2, 0.25) is 10.0 Å². The van der Waals surface area contributed by atoms with Crippen LogP contribution in [0.5, 0.6) is 0 Å². The highest BCUT2D eigenvalue weighted by Gasteiger charge is 2.06. The van der Waals surface area contributed by atoms with Crippen molar-refractivity contribution < 1.29 is 4.79 Å². The molecule has 0 saturated carbocycles. The van der Waals surface area contributed by atoms with Crippen LogP contribution in [0.1, 0.15) is 5.56 Å². The molecule has 6 heteroatoms. The first-order valence-electron chi connectivity index (χ1n) is 5.89. The molecular formula is C14H13Cl2N3O. The zero-order chi connectivity index (χ0) is 14.5. The van der Waals surface area contributed by atoms with Gasteiger partial charge in [-0.15, -0.1) is 0 Å². The Labute approximate surface area is 126 Å². The topological polar surface area (TPSA) is 67.1 Å². The molecule has 4 N–H and O–H groups in total. The summed E-state index contributed by atoms with van der Waals surface area (Å²) in [4.78, 5) is 11.8. The Hall–Kier alpha value is -1.91. The number of nitrogens with two attached hydrogens (primary N) is 1. The first-order valence-corrected chi connectivity index (χ1v) is 6.65. The molecule has 0 spiro atoms. The van der Waals surface area contributed by atoms with E-state index >= 15 is 0 Å². The van der Waals surface area contributed by atoms with Crippen molar-refractivity contribution in [2.45, 2.75) is 6.54 Å². The fraction of sp³-hybridized carbons (Fsp3) is 0.0714. The van der Waals surface area contributed by atoms with Crippen LogP contribution in [0.25, 0.3) is 0 Å². The Morgan fingerprint density at radius 2 is 1.90 bits per heavy atom. The number of hydrogen-bond acceptors (Lipinski definition) is 2. The Balaban J connectivity index is 1.96. The van der Waals surface area contributed by atoms with Crippen molar-refractivity contribution in [1.29, 1.82) is 0 Å². The number of halogens is 2. The predicted octanol–water partition coefficient (Wildman–Crippen LogP) is 3.90. The molecule has 2 aromatic rings. The van der Waals surface area contributed by atoms with Crippen LogP contribution >= 0.6 is 23.2 Å². The van der Waals surface area contributed by atoms with Crippen LogP contribution in [0.3, 0.4) is 0 Å². The van der Waals surface area contributed by atoms with E-state index < -0.39 is 0 Å². The summed E-state index contributed by atoms with van der Waals surface area (Å²) in [6, 6.07) is 11.8. The monoisotopic (exact) mass is 309 g/mol.